The topological polar surface area (TPSA) is 127 Å². The van der Waals surface area contributed by atoms with Crippen LogP contribution in [0, 0.1) is 16.0 Å². The Labute approximate surface area is 107 Å². The van der Waals surface area contributed by atoms with Gasteiger partial charge in [0.15, 0.2) is 0 Å². The Morgan fingerprint density at radius 2 is 2.05 bits per heavy atom. The van der Waals surface area contributed by atoms with Gasteiger partial charge in [-0.25, -0.2) is 0 Å². The van der Waals surface area contributed by atoms with Crippen LogP contribution < -0.4 is 10.6 Å². The van der Waals surface area contributed by atoms with E-state index in [9.17, 15) is 19.7 Å². The third-order valence-electron chi connectivity index (χ3n) is 3.03. The quantitative estimate of drug-likeness (QED) is 0.592. The van der Waals surface area contributed by atoms with Crippen LogP contribution in [0.25, 0.3) is 0 Å². The highest BCUT2D eigenvalue weighted by molar-refractivity contribution is 5.99. The number of non-ortho nitro benzene ring substituents is 1. The van der Waals surface area contributed by atoms with Crippen LogP contribution in [0.15, 0.2) is 18.2 Å². The lowest BCUT2D eigenvalue weighted by atomic mass is 9.97. The number of nitro benzene ring substituents is 1. The second-order valence-corrected chi connectivity index (χ2v) is 4.26. The van der Waals surface area contributed by atoms with Gasteiger partial charge in [0.05, 0.1) is 22.1 Å². The summed E-state index contributed by atoms with van der Waals surface area (Å²) >= 11 is 0. The second kappa shape index (κ2) is 4.56. The zero-order chi connectivity index (χ0) is 14.2. The Morgan fingerprint density at radius 1 is 1.42 bits per heavy atom. The van der Waals surface area contributed by atoms with E-state index < -0.39 is 22.7 Å². The fourth-order valence-electron chi connectivity index (χ4n) is 1.94. The van der Waals surface area contributed by atoms with E-state index in [0.717, 1.165) is 6.07 Å². The highest BCUT2D eigenvalue weighted by Gasteiger charge is 2.34. The Hall–Kier alpha value is -2.64. The summed E-state index contributed by atoms with van der Waals surface area (Å²) in [6.07, 6.45) is 0. The fraction of sp³-hybridized carbons (Fsp3) is 0.273. The Kier molecular flexibility index (Phi) is 3.07. The highest BCUT2D eigenvalue weighted by Crippen LogP contribution is 2.30. The van der Waals surface area contributed by atoms with E-state index in [1.54, 1.807) is 4.90 Å². The molecule has 1 aromatic rings. The molecule has 1 saturated heterocycles. The number of amides is 1. The normalized spacial score (nSPS) is 14.8. The van der Waals surface area contributed by atoms with Crippen LogP contribution in [0.4, 0.5) is 11.4 Å². The van der Waals surface area contributed by atoms with Gasteiger partial charge in [-0.3, -0.25) is 19.7 Å². The summed E-state index contributed by atoms with van der Waals surface area (Å²) in [7, 11) is 0. The van der Waals surface area contributed by atoms with Crippen LogP contribution in [0.3, 0.4) is 0 Å². The number of carboxylic acids is 1. The fourth-order valence-corrected chi connectivity index (χ4v) is 1.94. The third kappa shape index (κ3) is 2.32. The van der Waals surface area contributed by atoms with E-state index in [2.05, 4.69) is 0 Å². The van der Waals surface area contributed by atoms with E-state index in [4.69, 9.17) is 10.8 Å². The van der Waals surface area contributed by atoms with E-state index >= 15 is 0 Å². The molecular weight excluding hydrogens is 254 g/mol. The zero-order valence-electron chi connectivity index (χ0n) is 9.78. The van der Waals surface area contributed by atoms with Gasteiger partial charge in [-0.15, -0.1) is 0 Å². The molecule has 0 bridgehead atoms. The number of nitrogens with zero attached hydrogens (tertiary/aromatic N) is 2. The highest BCUT2D eigenvalue weighted by atomic mass is 16.6. The van der Waals surface area contributed by atoms with Crippen molar-refractivity contribution in [2.24, 2.45) is 11.7 Å². The number of hydrogen-bond donors (Lipinski definition) is 2. The SMILES string of the molecule is NC(=O)c1cc([N+](=O)[O-])ccc1N1CC(C(=O)O)C1. The lowest BCUT2D eigenvalue weighted by Gasteiger charge is -2.39. The van der Waals surface area contributed by atoms with Gasteiger partial charge in [0.2, 0.25) is 0 Å². The predicted octanol–water partition coefficient (Wildman–Crippen LogP) is 0.214. The minimum absolute atomic E-state index is 0.0260. The van der Waals surface area contributed by atoms with Crippen LogP contribution in [-0.4, -0.2) is 35.0 Å². The Bertz CT molecular complexity index is 565. The number of rotatable bonds is 4. The molecule has 19 heavy (non-hydrogen) atoms. The number of primary amides is 1. The molecule has 0 aromatic heterocycles. The van der Waals surface area contributed by atoms with Crippen molar-refractivity contribution in [2.75, 3.05) is 18.0 Å². The number of carboxylic acid groups (broad SMARTS) is 1. The molecule has 0 radical (unpaired) electrons. The van der Waals surface area contributed by atoms with E-state index in [0.29, 0.717) is 5.69 Å². The average molecular weight is 265 g/mol. The molecule has 1 aromatic carbocycles. The van der Waals surface area contributed by atoms with Crippen molar-refractivity contribution in [2.45, 2.75) is 0 Å². The summed E-state index contributed by atoms with van der Waals surface area (Å²) in [5.41, 5.74) is 5.41. The van der Waals surface area contributed by atoms with Crippen molar-refractivity contribution >= 4 is 23.3 Å². The lowest BCUT2D eigenvalue weighted by molar-refractivity contribution is -0.384. The number of hydrogen-bond acceptors (Lipinski definition) is 5. The molecule has 1 amide bonds. The maximum Gasteiger partial charge on any atom is 0.310 e. The van der Waals surface area contributed by atoms with Gasteiger partial charge in [0.1, 0.15) is 0 Å². The van der Waals surface area contributed by atoms with Gasteiger partial charge in [-0.1, -0.05) is 0 Å². The van der Waals surface area contributed by atoms with E-state index in [1.165, 1.54) is 12.1 Å². The first-order valence-corrected chi connectivity index (χ1v) is 5.46. The standard InChI is InChI=1S/C11H11N3O5/c12-10(15)8-3-7(14(18)19)1-2-9(8)13-4-6(5-13)11(16)17/h1-3,6H,4-5H2,(H2,12,15)(H,16,17). The Morgan fingerprint density at radius 3 is 2.53 bits per heavy atom. The van der Waals surface area contributed by atoms with Gasteiger partial charge < -0.3 is 15.7 Å². The maximum atomic E-state index is 11.3. The minimum atomic E-state index is -0.904. The third-order valence-corrected chi connectivity index (χ3v) is 3.03. The summed E-state index contributed by atoms with van der Waals surface area (Å²) in [5, 5.41) is 19.4. The van der Waals surface area contributed by atoms with Crippen LogP contribution in [0.5, 0.6) is 0 Å². The van der Waals surface area contributed by atoms with Crippen LogP contribution in [-0.2, 0) is 4.79 Å². The molecule has 2 rings (SSSR count). The molecule has 100 valence electrons. The second-order valence-electron chi connectivity index (χ2n) is 4.26. The van der Waals surface area contributed by atoms with Crippen molar-refractivity contribution in [3.8, 4) is 0 Å². The molecule has 1 fully saturated rings. The number of carbonyl (C=O) groups is 2. The van der Waals surface area contributed by atoms with Crippen molar-refractivity contribution in [3.63, 3.8) is 0 Å². The summed E-state index contributed by atoms with van der Waals surface area (Å²) < 4.78 is 0. The van der Waals surface area contributed by atoms with Crippen LogP contribution in [0.1, 0.15) is 10.4 Å². The molecule has 0 aliphatic carbocycles. The van der Waals surface area contributed by atoms with Gasteiger partial charge in [-0.05, 0) is 6.07 Å². The van der Waals surface area contributed by atoms with Gasteiger partial charge >= 0.3 is 5.97 Å². The molecule has 1 heterocycles. The lowest BCUT2D eigenvalue weighted by Crippen LogP contribution is -2.51. The number of anilines is 1. The van der Waals surface area contributed by atoms with E-state index in [1.807, 2.05) is 0 Å². The van der Waals surface area contributed by atoms with Crippen molar-refractivity contribution in [1.82, 2.24) is 0 Å². The summed E-state index contributed by atoms with van der Waals surface area (Å²) in [5.74, 6) is -2.17. The maximum absolute atomic E-state index is 11.3. The first-order chi connectivity index (χ1) is 8.90. The molecule has 8 nitrogen and oxygen atoms in total. The molecular formula is C11H11N3O5. The molecule has 1 aliphatic heterocycles. The number of aliphatic carboxylic acids is 1. The largest absolute Gasteiger partial charge is 0.481 e. The molecule has 8 heteroatoms. The molecule has 1 aliphatic rings. The number of benzene rings is 1. The number of nitrogens with two attached hydrogens (primary N) is 1. The predicted molar refractivity (Wildman–Crippen MR) is 65.0 cm³/mol. The molecule has 0 unspecified atom stereocenters. The summed E-state index contributed by atoms with van der Waals surface area (Å²) in [4.78, 5) is 33.7. The van der Waals surface area contributed by atoms with Gasteiger partial charge in [0, 0.05) is 25.2 Å². The van der Waals surface area contributed by atoms with Gasteiger partial charge in [0.25, 0.3) is 11.6 Å². The van der Waals surface area contributed by atoms with E-state index in [-0.39, 0.29) is 24.3 Å². The van der Waals surface area contributed by atoms with Crippen molar-refractivity contribution in [3.05, 3.63) is 33.9 Å². The average Bonchev–Trinajstić information content (AvgIpc) is 2.26. The molecule has 0 atom stereocenters. The van der Waals surface area contributed by atoms with Crippen LogP contribution in [0.2, 0.25) is 0 Å². The smallest absolute Gasteiger partial charge is 0.310 e. The van der Waals surface area contributed by atoms with Crippen LogP contribution >= 0.6 is 0 Å². The first-order valence-electron chi connectivity index (χ1n) is 5.46. The molecule has 0 spiro atoms. The summed E-state index contributed by atoms with van der Waals surface area (Å²) in [6, 6.07) is 3.78. The molecule has 3 N–H and O–H groups in total. The van der Waals surface area contributed by atoms with Crippen molar-refractivity contribution in [1.29, 1.82) is 0 Å². The number of nitro groups is 1. The number of carbonyl (C=O) groups excluding carboxylic acids is 1. The minimum Gasteiger partial charge on any atom is -0.481 e. The monoisotopic (exact) mass is 265 g/mol. The van der Waals surface area contributed by atoms with Crippen molar-refractivity contribution < 1.29 is 19.6 Å². The first kappa shape index (κ1) is 12.8. The Balaban J connectivity index is 2.29. The zero-order valence-corrected chi connectivity index (χ0v) is 9.78. The molecule has 0 saturated carbocycles. The summed E-state index contributed by atoms with van der Waals surface area (Å²) in [6.45, 7) is 0.515. The van der Waals surface area contributed by atoms with Gasteiger partial charge in [-0.2, -0.15) is 0 Å².